The summed E-state index contributed by atoms with van der Waals surface area (Å²) in [6.45, 7) is 6.57. The molecule has 2 amide bonds. The normalized spacial score (nSPS) is 15.4. The number of aliphatic carboxylic acids is 1. The van der Waals surface area contributed by atoms with Gasteiger partial charge in [-0.05, 0) is 53.7 Å². The lowest BCUT2D eigenvalue weighted by molar-refractivity contribution is -0.142. The van der Waals surface area contributed by atoms with Crippen LogP contribution in [0.5, 0.6) is 0 Å². The Bertz CT molecular complexity index is 1340. The summed E-state index contributed by atoms with van der Waals surface area (Å²) in [6.07, 6.45) is 5.97. The minimum Gasteiger partial charge on any atom is -0.479 e. The first-order valence-corrected chi connectivity index (χ1v) is 14.2. The molecule has 2 aromatic carbocycles. The van der Waals surface area contributed by atoms with Crippen LogP contribution in [-0.2, 0) is 37.2 Å². The summed E-state index contributed by atoms with van der Waals surface area (Å²) in [7, 11) is -4.24. The number of allylic oxidation sites excluding steroid dienone is 2. The molecule has 0 aliphatic carbocycles. The number of carboxylic acid groups (broad SMARTS) is 1. The number of aryl methyl sites for hydroxylation is 1. The molecule has 1 atom stereocenters. The summed E-state index contributed by atoms with van der Waals surface area (Å²) in [5.41, 5.74) is 1.48. The van der Waals surface area contributed by atoms with Gasteiger partial charge < -0.3 is 15.3 Å². The van der Waals surface area contributed by atoms with Crippen molar-refractivity contribution in [2.75, 3.05) is 13.1 Å². The fourth-order valence-electron chi connectivity index (χ4n) is 4.19. The molecular formula is C29H35N3O6S. The molecule has 0 bridgehead atoms. The number of benzene rings is 2. The molecule has 1 aliphatic heterocycles. The third kappa shape index (κ3) is 8.81. The van der Waals surface area contributed by atoms with E-state index in [1.165, 1.54) is 29.2 Å². The lowest BCUT2D eigenvalue weighted by Crippen LogP contribution is -2.48. The van der Waals surface area contributed by atoms with Gasteiger partial charge in [-0.15, -0.1) is 0 Å². The average molecular weight is 554 g/mol. The molecule has 3 N–H and O–H groups in total. The largest absolute Gasteiger partial charge is 0.479 e. The van der Waals surface area contributed by atoms with E-state index in [4.69, 9.17) is 0 Å². The van der Waals surface area contributed by atoms with Gasteiger partial charge in [0.05, 0.1) is 10.5 Å². The molecule has 0 fully saturated rings. The molecule has 1 heterocycles. The zero-order chi connectivity index (χ0) is 28.6. The Labute approximate surface area is 229 Å². The van der Waals surface area contributed by atoms with E-state index >= 15 is 0 Å². The minimum atomic E-state index is -4.24. The van der Waals surface area contributed by atoms with Crippen LogP contribution in [0.1, 0.15) is 38.3 Å². The van der Waals surface area contributed by atoms with E-state index in [0.717, 1.165) is 11.1 Å². The molecular weight excluding hydrogens is 518 g/mol. The van der Waals surface area contributed by atoms with Crippen molar-refractivity contribution in [2.24, 2.45) is 5.41 Å². The molecule has 0 saturated heterocycles. The van der Waals surface area contributed by atoms with E-state index < -0.39 is 27.9 Å². The second kappa shape index (κ2) is 12.8. The van der Waals surface area contributed by atoms with Crippen molar-refractivity contribution < 1.29 is 27.9 Å². The molecule has 0 aromatic heterocycles. The monoisotopic (exact) mass is 553 g/mol. The van der Waals surface area contributed by atoms with Gasteiger partial charge in [0.15, 0.2) is 6.04 Å². The van der Waals surface area contributed by atoms with Gasteiger partial charge >= 0.3 is 5.97 Å². The first kappa shape index (κ1) is 29.6. The van der Waals surface area contributed by atoms with Crippen LogP contribution >= 0.6 is 0 Å². The van der Waals surface area contributed by atoms with Gasteiger partial charge in [-0.2, -0.15) is 0 Å². The molecule has 0 spiro atoms. The van der Waals surface area contributed by atoms with Crippen LogP contribution in [0.3, 0.4) is 0 Å². The first-order chi connectivity index (χ1) is 18.4. The van der Waals surface area contributed by atoms with Crippen molar-refractivity contribution >= 4 is 27.8 Å². The molecule has 2 aromatic rings. The van der Waals surface area contributed by atoms with Crippen molar-refractivity contribution in [1.82, 2.24) is 14.9 Å². The van der Waals surface area contributed by atoms with Gasteiger partial charge in [0, 0.05) is 25.7 Å². The topological polar surface area (TPSA) is 133 Å². The van der Waals surface area contributed by atoms with Crippen LogP contribution in [0.4, 0.5) is 0 Å². The van der Waals surface area contributed by atoms with Crippen LogP contribution in [-0.4, -0.2) is 55.3 Å². The quantitative estimate of drug-likeness (QED) is 0.390. The average Bonchev–Trinajstić information content (AvgIpc) is 2.87. The summed E-state index contributed by atoms with van der Waals surface area (Å²) in [5, 5.41) is 12.6. The third-order valence-corrected chi connectivity index (χ3v) is 7.36. The van der Waals surface area contributed by atoms with Crippen LogP contribution in [0.15, 0.2) is 83.4 Å². The Morgan fingerprint density at radius 1 is 0.949 bits per heavy atom. The number of sulfonamides is 1. The highest BCUT2D eigenvalue weighted by Crippen LogP contribution is 2.24. The van der Waals surface area contributed by atoms with Crippen molar-refractivity contribution in [3.05, 3.63) is 89.6 Å². The van der Waals surface area contributed by atoms with Crippen LogP contribution in [0.2, 0.25) is 0 Å². The van der Waals surface area contributed by atoms with Crippen molar-refractivity contribution in [3.8, 4) is 0 Å². The predicted octanol–water partition coefficient (Wildman–Crippen LogP) is 3.04. The van der Waals surface area contributed by atoms with Crippen LogP contribution < -0.4 is 10.0 Å². The SMILES string of the molecule is CC(C)(C)CN1C=CC=C(C(=O)NS(=O)(=O)c2ccc(CCNC(=O)CCc3ccccc3)cc2)C1C(=O)O. The first-order valence-electron chi connectivity index (χ1n) is 12.7. The Morgan fingerprint density at radius 2 is 1.59 bits per heavy atom. The number of hydrogen-bond donors (Lipinski definition) is 3. The number of nitrogens with zero attached hydrogens (tertiary/aromatic N) is 1. The molecule has 1 unspecified atom stereocenters. The number of carbonyl (C=O) groups excluding carboxylic acids is 2. The summed E-state index contributed by atoms with van der Waals surface area (Å²) < 4.78 is 27.8. The third-order valence-electron chi connectivity index (χ3n) is 6.01. The van der Waals surface area contributed by atoms with E-state index in [-0.39, 0.29) is 21.8 Å². The maximum atomic E-state index is 12.9. The molecule has 1 aliphatic rings. The maximum Gasteiger partial charge on any atom is 0.331 e. The number of amides is 2. The van der Waals surface area contributed by atoms with Crippen LogP contribution in [0.25, 0.3) is 0 Å². The second-order valence-corrected chi connectivity index (χ2v) is 12.3. The van der Waals surface area contributed by atoms with Gasteiger partial charge in [-0.25, -0.2) is 17.9 Å². The standard InChI is InChI=1S/C29H35N3O6S/c1-29(2,3)20-32-19-7-10-24(26(32)28(35)36)27(34)31-39(37,38)23-14-11-22(12-15-23)17-18-30-25(33)16-13-21-8-5-4-6-9-21/h4-12,14-15,19,26H,13,16-18,20H2,1-3H3,(H,30,33)(H,31,34)(H,35,36). The fourth-order valence-corrected chi connectivity index (χ4v) is 5.17. The zero-order valence-electron chi connectivity index (χ0n) is 22.4. The van der Waals surface area contributed by atoms with Gasteiger partial charge in [0.1, 0.15) is 0 Å². The van der Waals surface area contributed by atoms with Gasteiger partial charge in [-0.1, -0.05) is 63.2 Å². The number of carboxylic acids is 1. The highest BCUT2D eigenvalue weighted by atomic mass is 32.2. The van der Waals surface area contributed by atoms with E-state index in [1.54, 1.807) is 18.3 Å². The van der Waals surface area contributed by atoms with Gasteiger partial charge in [-0.3, -0.25) is 9.59 Å². The highest BCUT2D eigenvalue weighted by molar-refractivity contribution is 7.90. The number of rotatable bonds is 11. The predicted molar refractivity (Wildman–Crippen MR) is 148 cm³/mol. The summed E-state index contributed by atoms with van der Waals surface area (Å²) in [4.78, 5) is 38.4. The molecule has 39 heavy (non-hydrogen) atoms. The van der Waals surface area contributed by atoms with Gasteiger partial charge in [0.2, 0.25) is 5.91 Å². The lowest BCUT2D eigenvalue weighted by atomic mass is 9.93. The Kier molecular flexibility index (Phi) is 9.69. The molecule has 3 rings (SSSR count). The highest BCUT2D eigenvalue weighted by Gasteiger charge is 2.36. The lowest BCUT2D eigenvalue weighted by Gasteiger charge is -2.35. The van der Waals surface area contributed by atoms with E-state index in [1.807, 2.05) is 55.8 Å². The summed E-state index contributed by atoms with van der Waals surface area (Å²) in [6, 6.07) is 14.4. The van der Waals surface area contributed by atoms with E-state index in [2.05, 4.69) is 5.32 Å². The molecule has 9 nitrogen and oxygen atoms in total. The Morgan fingerprint density at radius 3 is 2.21 bits per heavy atom. The fraction of sp³-hybridized carbons (Fsp3) is 0.345. The van der Waals surface area contributed by atoms with Gasteiger partial charge in [0.25, 0.3) is 15.9 Å². The summed E-state index contributed by atoms with van der Waals surface area (Å²) >= 11 is 0. The Hall–Kier alpha value is -3.92. The summed E-state index contributed by atoms with van der Waals surface area (Å²) in [5.74, 6) is -2.31. The molecule has 208 valence electrons. The number of hydrogen-bond acceptors (Lipinski definition) is 6. The number of nitrogens with one attached hydrogen (secondary N) is 2. The van der Waals surface area contributed by atoms with E-state index in [0.29, 0.717) is 32.4 Å². The Balaban J connectivity index is 1.56. The van der Waals surface area contributed by atoms with Crippen molar-refractivity contribution in [1.29, 1.82) is 0 Å². The smallest absolute Gasteiger partial charge is 0.331 e. The number of carbonyl (C=O) groups is 3. The second-order valence-electron chi connectivity index (χ2n) is 10.6. The van der Waals surface area contributed by atoms with Crippen LogP contribution in [0, 0.1) is 5.41 Å². The van der Waals surface area contributed by atoms with Crippen molar-refractivity contribution in [3.63, 3.8) is 0 Å². The maximum absolute atomic E-state index is 12.9. The molecule has 0 saturated carbocycles. The van der Waals surface area contributed by atoms with Crippen molar-refractivity contribution in [2.45, 2.75) is 51.0 Å². The molecule has 0 radical (unpaired) electrons. The minimum absolute atomic E-state index is 0.0617. The van der Waals surface area contributed by atoms with E-state index in [9.17, 15) is 27.9 Å². The zero-order valence-corrected chi connectivity index (χ0v) is 23.2. The molecule has 10 heteroatoms.